The molecular weight excluding hydrogens is 449 g/mol. The second-order valence-corrected chi connectivity index (χ2v) is 7.82. The molecule has 33 heavy (non-hydrogen) atoms. The van der Waals surface area contributed by atoms with Crippen LogP contribution in [0.1, 0.15) is 36.5 Å². The molecule has 0 bridgehead atoms. The Morgan fingerprint density at radius 2 is 2.09 bits per heavy atom. The Morgan fingerprint density at radius 1 is 1.27 bits per heavy atom. The van der Waals surface area contributed by atoms with Gasteiger partial charge in [-0.3, -0.25) is 9.78 Å². The van der Waals surface area contributed by atoms with Crippen molar-refractivity contribution in [3.63, 3.8) is 0 Å². The molecule has 0 spiro atoms. The molecule has 1 amide bonds. The number of aromatic nitrogens is 3. The molecule has 0 fully saturated rings. The number of pyridine rings is 1. The van der Waals surface area contributed by atoms with Crippen LogP contribution in [0.25, 0.3) is 11.4 Å². The maximum atomic E-state index is 14.3. The van der Waals surface area contributed by atoms with Crippen molar-refractivity contribution in [2.24, 2.45) is 0 Å². The number of rotatable bonds is 10. The van der Waals surface area contributed by atoms with E-state index in [1.54, 1.807) is 13.0 Å². The van der Waals surface area contributed by atoms with Gasteiger partial charge < -0.3 is 20.5 Å². The van der Waals surface area contributed by atoms with Gasteiger partial charge in [0.05, 0.1) is 36.2 Å². The number of halogens is 2. The molecule has 8 nitrogen and oxygen atoms in total. The number of carbonyl (C=O) groups is 1. The zero-order chi connectivity index (χ0) is 23.8. The predicted octanol–water partition coefficient (Wildman–Crippen LogP) is 4.36. The minimum absolute atomic E-state index is 0.108. The molecule has 0 aliphatic rings. The molecule has 3 rings (SSSR count). The van der Waals surface area contributed by atoms with Crippen LogP contribution in [0.3, 0.4) is 0 Å². The van der Waals surface area contributed by atoms with Gasteiger partial charge in [-0.25, -0.2) is 14.4 Å². The van der Waals surface area contributed by atoms with E-state index in [9.17, 15) is 14.3 Å². The van der Waals surface area contributed by atoms with Crippen molar-refractivity contribution in [1.29, 1.82) is 0 Å². The fraction of sp³-hybridized carbons (Fsp3) is 0.304. The molecule has 1 unspecified atom stereocenters. The van der Waals surface area contributed by atoms with Gasteiger partial charge in [0.15, 0.2) is 17.4 Å². The molecule has 10 heteroatoms. The number of benzene rings is 1. The number of nitrogens with one attached hydrogen (secondary N) is 2. The number of aliphatic hydroxyl groups excluding tert-OH is 1. The second kappa shape index (κ2) is 11.5. The van der Waals surface area contributed by atoms with Crippen LogP contribution in [0.5, 0.6) is 5.75 Å². The topological polar surface area (TPSA) is 109 Å². The summed E-state index contributed by atoms with van der Waals surface area (Å²) in [7, 11) is 1.46. The van der Waals surface area contributed by atoms with Gasteiger partial charge in [-0.1, -0.05) is 11.6 Å². The summed E-state index contributed by atoms with van der Waals surface area (Å²) in [6, 6.07) is 5.75. The number of carbonyl (C=O) groups excluding carboxylic acids is 1. The smallest absolute Gasteiger partial charge is 0.254 e. The molecule has 0 aliphatic carbocycles. The van der Waals surface area contributed by atoms with E-state index in [-0.39, 0.29) is 29.2 Å². The number of hydrogen-bond donors (Lipinski definition) is 3. The van der Waals surface area contributed by atoms with Crippen LogP contribution in [-0.4, -0.2) is 45.7 Å². The Labute approximate surface area is 196 Å². The fourth-order valence-electron chi connectivity index (χ4n) is 3.08. The minimum Gasteiger partial charge on any atom is -0.491 e. The van der Waals surface area contributed by atoms with Crippen LogP contribution in [0.15, 0.2) is 42.9 Å². The number of ether oxygens (including phenoxy) is 1. The lowest BCUT2D eigenvalue weighted by atomic mass is 10.1. The third-order valence-electron chi connectivity index (χ3n) is 4.80. The normalized spacial score (nSPS) is 11.7. The van der Waals surface area contributed by atoms with Crippen molar-refractivity contribution in [1.82, 2.24) is 20.3 Å². The van der Waals surface area contributed by atoms with E-state index in [1.165, 1.54) is 43.9 Å². The first-order valence-corrected chi connectivity index (χ1v) is 10.8. The lowest BCUT2D eigenvalue weighted by Gasteiger charge is -2.14. The third kappa shape index (κ3) is 6.59. The van der Waals surface area contributed by atoms with Gasteiger partial charge in [0.25, 0.3) is 5.91 Å². The average Bonchev–Trinajstić information content (AvgIpc) is 2.80. The Kier molecular flexibility index (Phi) is 8.51. The first-order chi connectivity index (χ1) is 15.9. The summed E-state index contributed by atoms with van der Waals surface area (Å²) in [6.07, 6.45) is 6.26. The van der Waals surface area contributed by atoms with Crippen LogP contribution in [0.4, 0.5) is 15.9 Å². The van der Waals surface area contributed by atoms with Crippen molar-refractivity contribution >= 4 is 29.0 Å². The molecule has 0 saturated carbocycles. The monoisotopic (exact) mass is 473 g/mol. The lowest BCUT2D eigenvalue weighted by Crippen LogP contribution is -2.25. The molecular formula is C23H25ClFN5O3. The zero-order valence-electron chi connectivity index (χ0n) is 18.3. The molecule has 174 valence electrons. The number of anilines is 2. The summed E-state index contributed by atoms with van der Waals surface area (Å²) in [6.45, 7) is 2.20. The molecule has 1 atom stereocenters. The summed E-state index contributed by atoms with van der Waals surface area (Å²) in [5.41, 5.74) is 0.892. The Balaban J connectivity index is 1.82. The van der Waals surface area contributed by atoms with E-state index in [0.29, 0.717) is 35.0 Å². The Bertz CT molecular complexity index is 1110. The van der Waals surface area contributed by atoms with Gasteiger partial charge in [0.1, 0.15) is 5.82 Å². The zero-order valence-corrected chi connectivity index (χ0v) is 19.1. The van der Waals surface area contributed by atoms with Gasteiger partial charge >= 0.3 is 0 Å². The number of unbranched alkanes of at least 4 members (excludes halogenated alkanes) is 1. The van der Waals surface area contributed by atoms with Gasteiger partial charge in [0, 0.05) is 24.0 Å². The van der Waals surface area contributed by atoms with E-state index in [1.807, 2.05) is 0 Å². The number of hydrogen-bond acceptors (Lipinski definition) is 7. The lowest BCUT2D eigenvalue weighted by molar-refractivity contribution is 0.0953. The average molecular weight is 474 g/mol. The molecule has 0 saturated heterocycles. The number of methoxy groups -OCH3 is 1. The van der Waals surface area contributed by atoms with Gasteiger partial charge in [0.2, 0.25) is 0 Å². The molecule has 3 N–H and O–H groups in total. The van der Waals surface area contributed by atoms with Gasteiger partial charge in [-0.05, 0) is 50.5 Å². The van der Waals surface area contributed by atoms with Gasteiger partial charge in [-0.2, -0.15) is 0 Å². The maximum absolute atomic E-state index is 14.3. The maximum Gasteiger partial charge on any atom is 0.254 e. The van der Waals surface area contributed by atoms with E-state index < -0.39 is 5.82 Å². The Morgan fingerprint density at radius 3 is 2.85 bits per heavy atom. The van der Waals surface area contributed by atoms with Crippen LogP contribution in [0, 0.1) is 5.82 Å². The summed E-state index contributed by atoms with van der Waals surface area (Å²) < 4.78 is 19.6. The van der Waals surface area contributed by atoms with Crippen LogP contribution >= 0.6 is 11.6 Å². The molecule has 1 aromatic carbocycles. The van der Waals surface area contributed by atoms with Crippen molar-refractivity contribution in [3.8, 4) is 17.1 Å². The molecule has 2 aromatic heterocycles. The highest BCUT2D eigenvalue weighted by Gasteiger charge is 2.17. The van der Waals surface area contributed by atoms with Crippen LogP contribution < -0.4 is 15.4 Å². The van der Waals surface area contributed by atoms with Crippen LogP contribution in [-0.2, 0) is 0 Å². The van der Waals surface area contributed by atoms with Crippen molar-refractivity contribution in [3.05, 3.63) is 59.3 Å². The quantitative estimate of drug-likeness (QED) is 0.375. The predicted molar refractivity (Wildman–Crippen MR) is 124 cm³/mol. The summed E-state index contributed by atoms with van der Waals surface area (Å²) in [5.74, 6) is -0.162. The van der Waals surface area contributed by atoms with E-state index in [0.717, 1.165) is 12.8 Å². The first-order valence-electron chi connectivity index (χ1n) is 10.4. The SMILES string of the molecule is COc1cnc(-c2cc(Cl)ccc2F)nc1Nc1ccncc1C(=O)NCCCCC(C)O. The number of nitrogens with zero attached hydrogens (tertiary/aromatic N) is 3. The van der Waals surface area contributed by atoms with E-state index in [4.69, 9.17) is 16.3 Å². The van der Waals surface area contributed by atoms with Crippen LogP contribution in [0.2, 0.25) is 5.02 Å². The summed E-state index contributed by atoms with van der Waals surface area (Å²) in [5, 5.41) is 15.6. The van der Waals surface area contributed by atoms with Crippen molar-refractivity contribution < 1.29 is 19.0 Å². The highest BCUT2D eigenvalue weighted by molar-refractivity contribution is 6.30. The second-order valence-electron chi connectivity index (χ2n) is 7.38. The van der Waals surface area contributed by atoms with Crippen molar-refractivity contribution in [2.45, 2.75) is 32.3 Å². The number of amides is 1. The summed E-state index contributed by atoms with van der Waals surface area (Å²) in [4.78, 5) is 25.3. The van der Waals surface area contributed by atoms with E-state index >= 15 is 0 Å². The minimum atomic E-state index is -0.518. The standard InChI is InChI=1S/C23H25ClFN5O3/c1-14(31)5-3-4-9-27-23(32)17-12-26-10-8-19(17)29-22-20(33-2)13-28-21(30-22)16-11-15(24)6-7-18(16)25/h6-8,10-14,31H,3-5,9H2,1-2H3,(H,27,32)(H,26,28,29,30). The highest BCUT2D eigenvalue weighted by Crippen LogP contribution is 2.30. The third-order valence-corrected chi connectivity index (χ3v) is 5.03. The molecule has 0 aliphatic heterocycles. The summed E-state index contributed by atoms with van der Waals surface area (Å²) >= 11 is 6.00. The fourth-order valence-corrected chi connectivity index (χ4v) is 3.25. The molecule has 2 heterocycles. The van der Waals surface area contributed by atoms with Crippen molar-refractivity contribution in [2.75, 3.05) is 19.0 Å². The highest BCUT2D eigenvalue weighted by atomic mass is 35.5. The Hall–Kier alpha value is -3.30. The number of aliphatic hydroxyl groups is 1. The largest absolute Gasteiger partial charge is 0.491 e. The molecule has 0 radical (unpaired) electrons. The molecule has 3 aromatic rings. The first kappa shape index (κ1) is 24.3. The van der Waals surface area contributed by atoms with Gasteiger partial charge in [-0.15, -0.1) is 0 Å². The van der Waals surface area contributed by atoms with E-state index in [2.05, 4.69) is 25.6 Å².